The fraction of sp³-hybridized carbons (Fsp3) is 0.111. The molecule has 6 heteroatoms. The lowest BCUT2D eigenvalue weighted by atomic mass is 10.1. The number of aromatic amines is 1. The van der Waals surface area contributed by atoms with Crippen molar-refractivity contribution in [3.8, 4) is 11.4 Å². The van der Waals surface area contributed by atoms with Gasteiger partial charge in [0.25, 0.3) is 0 Å². The van der Waals surface area contributed by atoms with Gasteiger partial charge in [-0.3, -0.25) is 4.98 Å². The van der Waals surface area contributed by atoms with Crippen molar-refractivity contribution < 1.29 is 13.2 Å². The van der Waals surface area contributed by atoms with Crippen LogP contribution in [0.3, 0.4) is 0 Å². The molecule has 0 bridgehead atoms. The van der Waals surface area contributed by atoms with Crippen molar-refractivity contribution in [2.75, 3.05) is 0 Å². The van der Waals surface area contributed by atoms with Crippen molar-refractivity contribution in [3.63, 3.8) is 0 Å². The summed E-state index contributed by atoms with van der Waals surface area (Å²) >= 11 is 0. The predicted molar refractivity (Wildman–Crippen MR) is 46.8 cm³/mol. The molecule has 0 saturated heterocycles. The van der Waals surface area contributed by atoms with Crippen LogP contribution in [0.15, 0.2) is 30.9 Å². The van der Waals surface area contributed by atoms with Gasteiger partial charge in [-0.15, -0.1) is 0 Å². The highest BCUT2D eigenvalue weighted by molar-refractivity contribution is 5.58. The number of pyridine rings is 1. The van der Waals surface area contributed by atoms with Crippen LogP contribution < -0.4 is 0 Å². The van der Waals surface area contributed by atoms with E-state index < -0.39 is 11.7 Å². The van der Waals surface area contributed by atoms with Gasteiger partial charge in [-0.1, -0.05) is 0 Å². The van der Waals surface area contributed by atoms with E-state index in [0.29, 0.717) is 0 Å². The van der Waals surface area contributed by atoms with Gasteiger partial charge in [-0.2, -0.15) is 13.2 Å². The van der Waals surface area contributed by atoms with Gasteiger partial charge in [0.1, 0.15) is 11.4 Å². The average Bonchev–Trinajstić information content (AvgIpc) is 2.69. The summed E-state index contributed by atoms with van der Waals surface area (Å²) in [5, 5.41) is 0. The van der Waals surface area contributed by atoms with Crippen LogP contribution in [0.1, 0.15) is 5.56 Å². The van der Waals surface area contributed by atoms with Gasteiger partial charge in [-0.25, -0.2) is 4.98 Å². The largest absolute Gasteiger partial charge is 0.418 e. The average molecular weight is 213 g/mol. The fourth-order valence-electron chi connectivity index (χ4n) is 1.23. The zero-order chi connectivity index (χ0) is 10.9. The quantitative estimate of drug-likeness (QED) is 0.790. The number of hydrogen-bond acceptors (Lipinski definition) is 2. The topological polar surface area (TPSA) is 41.6 Å². The maximum atomic E-state index is 12.6. The molecule has 2 aromatic rings. The molecule has 15 heavy (non-hydrogen) atoms. The lowest BCUT2D eigenvalue weighted by Crippen LogP contribution is -2.08. The maximum absolute atomic E-state index is 12.6. The second-order valence-electron chi connectivity index (χ2n) is 2.85. The third-order valence-corrected chi connectivity index (χ3v) is 1.85. The Labute approximate surface area is 83.0 Å². The van der Waals surface area contributed by atoms with Crippen molar-refractivity contribution in [1.82, 2.24) is 15.0 Å². The number of nitrogens with one attached hydrogen (secondary N) is 1. The standard InChI is InChI=1S/C9H6F3N3/c10-9(11,12)6-2-1-3-14-8(6)7-4-13-5-15-7/h1-5H,(H,13,15). The summed E-state index contributed by atoms with van der Waals surface area (Å²) in [6.07, 6.45) is -0.427. The summed E-state index contributed by atoms with van der Waals surface area (Å²) in [6.45, 7) is 0. The first kappa shape index (κ1) is 9.70. The number of alkyl halides is 3. The van der Waals surface area contributed by atoms with E-state index in [-0.39, 0.29) is 11.4 Å². The van der Waals surface area contributed by atoms with Gasteiger partial charge in [0.15, 0.2) is 0 Å². The Hall–Kier alpha value is -1.85. The highest BCUT2D eigenvalue weighted by Gasteiger charge is 2.34. The van der Waals surface area contributed by atoms with Crippen molar-refractivity contribution >= 4 is 0 Å². The van der Waals surface area contributed by atoms with E-state index in [4.69, 9.17) is 0 Å². The highest BCUT2D eigenvalue weighted by Crippen LogP contribution is 2.34. The summed E-state index contributed by atoms with van der Waals surface area (Å²) in [5.41, 5.74) is -0.758. The molecule has 0 aliphatic heterocycles. The van der Waals surface area contributed by atoms with Crippen molar-refractivity contribution in [2.24, 2.45) is 0 Å². The molecule has 1 N–H and O–H groups in total. The summed E-state index contributed by atoms with van der Waals surface area (Å²) in [4.78, 5) is 10.0. The number of rotatable bonds is 1. The first-order valence-corrected chi connectivity index (χ1v) is 4.10. The molecule has 78 valence electrons. The predicted octanol–water partition coefficient (Wildman–Crippen LogP) is 2.49. The molecule has 0 unspecified atom stereocenters. The van der Waals surface area contributed by atoms with Crippen LogP contribution in [0.2, 0.25) is 0 Å². The molecule has 0 amide bonds. The molecule has 0 radical (unpaired) electrons. The van der Waals surface area contributed by atoms with Crippen LogP contribution in [0.5, 0.6) is 0 Å². The molecule has 0 aliphatic rings. The number of nitrogens with zero attached hydrogens (tertiary/aromatic N) is 2. The number of imidazole rings is 1. The molecule has 2 aromatic heterocycles. The third-order valence-electron chi connectivity index (χ3n) is 1.85. The molecule has 3 nitrogen and oxygen atoms in total. The Morgan fingerprint density at radius 1 is 1.20 bits per heavy atom. The van der Waals surface area contributed by atoms with Gasteiger partial charge in [0.2, 0.25) is 0 Å². The molecule has 0 aromatic carbocycles. The first-order valence-electron chi connectivity index (χ1n) is 4.10. The Morgan fingerprint density at radius 2 is 2.00 bits per heavy atom. The number of aromatic nitrogens is 3. The van der Waals surface area contributed by atoms with E-state index in [1.54, 1.807) is 0 Å². The molecule has 0 fully saturated rings. The molecular formula is C9H6F3N3. The van der Waals surface area contributed by atoms with Crippen molar-refractivity contribution in [2.45, 2.75) is 6.18 Å². The first-order chi connectivity index (χ1) is 7.09. The molecule has 2 rings (SSSR count). The minimum Gasteiger partial charge on any atom is -0.351 e. The van der Waals surface area contributed by atoms with Crippen LogP contribution in [0, 0.1) is 0 Å². The second-order valence-corrected chi connectivity index (χ2v) is 2.85. The smallest absolute Gasteiger partial charge is 0.351 e. The lowest BCUT2D eigenvalue weighted by Gasteiger charge is -2.09. The van der Waals surface area contributed by atoms with E-state index in [9.17, 15) is 13.2 Å². The Morgan fingerprint density at radius 3 is 2.60 bits per heavy atom. The van der Waals surface area contributed by atoms with Crippen molar-refractivity contribution in [1.29, 1.82) is 0 Å². The van der Waals surface area contributed by atoms with Gasteiger partial charge < -0.3 is 4.98 Å². The fourth-order valence-corrected chi connectivity index (χ4v) is 1.23. The van der Waals surface area contributed by atoms with Crippen LogP contribution in [-0.4, -0.2) is 15.0 Å². The van der Waals surface area contributed by atoms with Crippen LogP contribution >= 0.6 is 0 Å². The second kappa shape index (κ2) is 3.38. The minimum absolute atomic E-state index is 0.161. The molecule has 0 spiro atoms. The van der Waals surface area contributed by atoms with E-state index in [2.05, 4.69) is 15.0 Å². The summed E-state index contributed by atoms with van der Waals surface area (Å²) in [5.74, 6) is 0. The number of hydrogen-bond donors (Lipinski definition) is 1. The minimum atomic E-state index is -4.41. The van der Waals surface area contributed by atoms with Crippen molar-refractivity contribution in [3.05, 3.63) is 36.4 Å². The summed E-state index contributed by atoms with van der Waals surface area (Å²) < 4.78 is 37.7. The van der Waals surface area contributed by atoms with Gasteiger partial charge >= 0.3 is 6.18 Å². The molecule has 0 saturated carbocycles. The van der Waals surface area contributed by atoms with E-state index in [1.807, 2.05) is 0 Å². The Balaban J connectivity index is 2.58. The van der Waals surface area contributed by atoms with Gasteiger partial charge in [0.05, 0.1) is 11.9 Å². The lowest BCUT2D eigenvalue weighted by molar-refractivity contribution is -0.137. The molecule has 2 heterocycles. The third kappa shape index (κ3) is 1.83. The zero-order valence-corrected chi connectivity index (χ0v) is 7.42. The van der Waals surface area contributed by atoms with Crippen LogP contribution in [0.4, 0.5) is 13.2 Å². The van der Waals surface area contributed by atoms with Gasteiger partial charge in [-0.05, 0) is 12.1 Å². The van der Waals surface area contributed by atoms with E-state index in [1.165, 1.54) is 24.8 Å². The SMILES string of the molecule is FC(F)(F)c1cccnc1-c1c[nH]cn1. The molecule has 0 aliphatic carbocycles. The van der Waals surface area contributed by atoms with E-state index >= 15 is 0 Å². The Kier molecular flexibility index (Phi) is 2.18. The molecular weight excluding hydrogens is 207 g/mol. The van der Waals surface area contributed by atoms with Crippen LogP contribution in [0.25, 0.3) is 11.4 Å². The summed E-state index contributed by atoms with van der Waals surface area (Å²) in [6, 6.07) is 2.23. The maximum Gasteiger partial charge on any atom is 0.418 e. The summed E-state index contributed by atoms with van der Waals surface area (Å²) in [7, 11) is 0. The normalized spacial score (nSPS) is 11.7. The van der Waals surface area contributed by atoms with E-state index in [0.717, 1.165) is 6.07 Å². The Bertz CT molecular complexity index is 448. The molecule has 0 atom stereocenters. The number of halogens is 3. The highest BCUT2D eigenvalue weighted by atomic mass is 19.4. The zero-order valence-electron chi connectivity index (χ0n) is 7.42. The van der Waals surface area contributed by atoms with Crippen LogP contribution in [-0.2, 0) is 6.18 Å². The van der Waals surface area contributed by atoms with Gasteiger partial charge in [0, 0.05) is 12.4 Å². The monoisotopic (exact) mass is 213 g/mol. The number of H-pyrrole nitrogens is 1.